The summed E-state index contributed by atoms with van der Waals surface area (Å²) in [7, 11) is 0. The van der Waals surface area contributed by atoms with Crippen LogP contribution in [0.5, 0.6) is 0 Å². The van der Waals surface area contributed by atoms with Crippen molar-refractivity contribution >= 4 is 34.1 Å². The van der Waals surface area contributed by atoms with Gasteiger partial charge in [0.25, 0.3) is 0 Å². The molecule has 1 amide bonds. The van der Waals surface area contributed by atoms with E-state index in [1.54, 1.807) is 6.20 Å². The summed E-state index contributed by atoms with van der Waals surface area (Å²) in [5, 5.41) is 7.05. The van der Waals surface area contributed by atoms with E-state index in [-0.39, 0.29) is 11.9 Å². The number of benzene rings is 1. The smallest absolute Gasteiger partial charge is 0.245 e. The maximum absolute atomic E-state index is 12.2. The molecule has 102 valence electrons. The molecule has 2 N–H and O–H groups in total. The molecule has 2 heterocycles. The standard InChI is InChI=1S/C15H14ClN3O/c16-9-11-5-7-18-14(11)15(20)19-12-3-4-13-10(8-12)2-1-6-17-13/h1-4,6,8-9,14,18H,5,7H2,(H,19,20). The number of amides is 1. The molecular weight excluding hydrogens is 274 g/mol. The number of carbonyl (C=O) groups is 1. The second-order valence-electron chi connectivity index (χ2n) is 4.72. The highest BCUT2D eigenvalue weighted by Gasteiger charge is 2.26. The molecule has 20 heavy (non-hydrogen) atoms. The molecule has 2 aromatic rings. The molecule has 4 nitrogen and oxygen atoms in total. The molecule has 1 aromatic carbocycles. The number of aromatic nitrogens is 1. The number of nitrogens with zero attached hydrogens (tertiary/aromatic N) is 1. The molecule has 1 atom stereocenters. The molecule has 0 bridgehead atoms. The van der Waals surface area contributed by atoms with Crippen LogP contribution in [0.25, 0.3) is 10.9 Å². The summed E-state index contributed by atoms with van der Waals surface area (Å²) in [5.74, 6) is -0.0855. The van der Waals surface area contributed by atoms with Crippen LogP contribution in [0.2, 0.25) is 0 Å². The minimum absolute atomic E-state index is 0.0855. The van der Waals surface area contributed by atoms with Crippen LogP contribution in [0.3, 0.4) is 0 Å². The Labute approximate surface area is 121 Å². The molecule has 0 saturated carbocycles. The fourth-order valence-corrected chi connectivity index (χ4v) is 2.62. The zero-order valence-corrected chi connectivity index (χ0v) is 11.5. The second-order valence-corrected chi connectivity index (χ2v) is 4.94. The lowest BCUT2D eigenvalue weighted by molar-refractivity contribution is -0.117. The minimum Gasteiger partial charge on any atom is -0.324 e. The summed E-state index contributed by atoms with van der Waals surface area (Å²) in [6.07, 6.45) is 2.56. The molecule has 0 spiro atoms. The van der Waals surface area contributed by atoms with Gasteiger partial charge >= 0.3 is 0 Å². The van der Waals surface area contributed by atoms with E-state index in [0.717, 1.165) is 35.1 Å². The number of carbonyl (C=O) groups excluding carboxylic acids is 1. The predicted octanol–water partition coefficient (Wildman–Crippen LogP) is 2.66. The van der Waals surface area contributed by atoms with Crippen LogP contribution in [0.15, 0.2) is 47.6 Å². The van der Waals surface area contributed by atoms with Gasteiger partial charge < -0.3 is 10.6 Å². The third kappa shape index (κ3) is 2.53. The van der Waals surface area contributed by atoms with Crippen LogP contribution in [-0.4, -0.2) is 23.5 Å². The summed E-state index contributed by atoms with van der Waals surface area (Å²) in [4.78, 5) is 16.5. The van der Waals surface area contributed by atoms with Crippen molar-refractivity contribution in [3.8, 4) is 0 Å². The molecule has 1 saturated heterocycles. The summed E-state index contributed by atoms with van der Waals surface area (Å²) < 4.78 is 0. The highest BCUT2D eigenvalue weighted by molar-refractivity contribution is 6.26. The maximum Gasteiger partial charge on any atom is 0.245 e. The second kappa shape index (κ2) is 5.61. The quantitative estimate of drug-likeness (QED) is 0.893. The third-order valence-corrected chi connectivity index (χ3v) is 3.69. The summed E-state index contributed by atoms with van der Waals surface area (Å²) in [6.45, 7) is 0.776. The molecule has 0 aliphatic carbocycles. The van der Waals surface area contributed by atoms with E-state index in [1.807, 2.05) is 30.3 Å². The molecule has 5 heteroatoms. The van der Waals surface area contributed by atoms with Crippen LogP contribution < -0.4 is 10.6 Å². The van der Waals surface area contributed by atoms with Gasteiger partial charge in [0.1, 0.15) is 6.04 Å². The Morgan fingerprint density at radius 1 is 1.45 bits per heavy atom. The van der Waals surface area contributed by atoms with Gasteiger partial charge in [0, 0.05) is 22.8 Å². The lowest BCUT2D eigenvalue weighted by atomic mass is 10.1. The van der Waals surface area contributed by atoms with E-state index >= 15 is 0 Å². The lowest BCUT2D eigenvalue weighted by Gasteiger charge is -2.13. The minimum atomic E-state index is -0.336. The van der Waals surface area contributed by atoms with E-state index in [1.165, 1.54) is 5.54 Å². The Hall–Kier alpha value is -1.91. The van der Waals surface area contributed by atoms with E-state index in [9.17, 15) is 4.79 Å². The van der Waals surface area contributed by atoms with Crippen molar-refractivity contribution < 1.29 is 4.79 Å². The van der Waals surface area contributed by atoms with Gasteiger partial charge in [-0.2, -0.15) is 0 Å². The Morgan fingerprint density at radius 2 is 2.35 bits per heavy atom. The normalized spacial score (nSPS) is 20.4. The predicted molar refractivity (Wildman–Crippen MR) is 80.7 cm³/mol. The van der Waals surface area contributed by atoms with Crippen LogP contribution in [0.1, 0.15) is 6.42 Å². The van der Waals surface area contributed by atoms with E-state index in [2.05, 4.69) is 15.6 Å². The van der Waals surface area contributed by atoms with Crippen molar-refractivity contribution in [3.05, 3.63) is 47.6 Å². The van der Waals surface area contributed by atoms with Crippen LogP contribution >= 0.6 is 11.6 Å². The monoisotopic (exact) mass is 287 g/mol. The zero-order valence-electron chi connectivity index (χ0n) is 10.8. The number of pyridine rings is 1. The average molecular weight is 288 g/mol. The fourth-order valence-electron chi connectivity index (χ4n) is 2.38. The van der Waals surface area contributed by atoms with Crippen molar-refractivity contribution in [2.75, 3.05) is 11.9 Å². The Bertz CT molecular complexity index is 684. The number of hydrogen-bond donors (Lipinski definition) is 2. The molecular formula is C15H14ClN3O. The van der Waals surface area contributed by atoms with E-state index < -0.39 is 0 Å². The summed E-state index contributed by atoms with van der Waals surface area (Å²) >= 11 is 5.74. The maximum atomic E-state index is 12.2. The third-order valence-electron chi connectivity index (χ3n) is 3.41. The summed E-state index contributed by atoms with van der Waals surface area (Å²) in [6, 6.07) is 9.17. The zero-order chi connectivity index (χ0) is 13.9. The number of hydrogen-bond acceptors (Lipinski definition) is 3. The van der Waals surface area contributed by atoms with Gasteiger partial charge in [-0.1, -0.05) is 17.7 Å². The number of halogens is 1. The van der Waals surface area contributed by atoms with Gasteiger partial charge in [0.15, 0.2) is 0 Å². The van der Waals surface area contributed by atoms with Gasteiger partial charge in [-0.05, 0) is 42.8 Å². The first-order chi connectivity index (χ1) is 9.78. The number of nitrogens with one attached hydrogen (secondary N) is 2. The molecule has 1 aliphatic heterocycles. The first kappa shape index (κ1) is 13.1. The highest BCUT2D eigenvalue weighted by atomic mass is 35.5. The van der Waals surface area contributed by atoms with E-state index in [0.29, 0.717) is 0 Å². The molecule has 1 unspecified atom stereocenters. The van der Waals surface area contributed by atoms with E-state index in [4.69, 9.17) is 11.6 Å². The van der Waals surface area contributed by atoms with Gasteiger partial charge in [-0.15, -0.1) is 0 Å². The van der Waals surface area contributed by atoms with Gasteiger partial charge in [0.05, 0.1) is 5.52 Å². The highest BCUT2D eigenvalue weighted by Crippen LogP contribution is 2.20. The first-order valence-electron chi connectivity index (χ1n) is 6.46. The molecule has 1 fully saturated rings. The average Bonchev–Trinajstić information content (AvgIpc) is 2.95. The molecule has 3 rings (SSSR count). The largest absolute Gasteiger partial charge is 0.324 e. The lowest BCUT2D eigenvalue weighted by Crippen LogP contribution is -2.36. The Balaban J connectivity index is 1.80. The molecule has 0 radical (unpaired) electrons. The van der Waals surface area contributed by atoms with Crippen LogP contribution in [-0.2, 0) is 4.79 Å². The van der Waals surface area contributed by atoms with Crippen LogP contribution in [0, 0.1) is 0 Å². The Morgan fingerprint density at radius 3 is 3.20 bits per heavy atom. The van der Waals surface area contributed by atoms with Crippen molar-refractivity contribution in [2.24, 2.45) is 0 Å². The SMILES string of the molecule is O=C(Nc1ccc2ncccc2c1)C1NCCC1=CCl. The van der Waals surface area contributed by atoms with Crippen molar-refractivity contribution in [1.29, 1.82) is 0 Å². The summed E-state index contributed by atoms with van der Waals surface area (Å²) in [5.41, 5.74) is 4.09. The number of rotatable bonds is 2. The van der Waals surface area contributed by atoms with Crippen LogP contribution in [0.4, 0.5) is 5.69 Å². The molecule has 1 aliphatic rings. The van der Waals surface area contributed by atoms with Gasteiger partial charge in [-0.25, -0.2) is 0 Å². The fraction of sp³-hybridized carbons (Fsp3) is 0.200. The number of anilines is 1. The van der Waals surface area contributed by atoms with Crippen molar-refractivity contribution in [1.82, 2.24) is 10.3 Å². The van der Waals surface area contributed by atoms with Crippen molar-refractivity contribution in [2.45, 2.75) is 12.5 Å². The van der Waals surface area contributed by atoms with Gasteiger partial charge in [-0.3, -0.25) is 9.78 Å². The molecule has 1 aromatic heterocycles. The van der Waals surface area contributed by atoms with Gasteiger partial charge in [0.2, 0.25) is 5.91 Å². The topological polar surface area (TPSA) is 54.0 Å². The van der Waals surface area contributed by atoms with Crippen molar-refractivity contribution in [3.63, 3.8) is 0 Å². The number of fused-ring (bicyclic) bond motifs is 1. The Kier molecular flexibility index (Phi) is 3.67. The first-order valence-corrected chi connectivity index (χ1v) is 6.90.